The highest BCUT2D eigenvalue weighted by molar-refractivity contribution is 7.99. The van der Waals surface area contributed by atoms with Crippen LogP contribution in [0.3, 0.4) is 0 Å². The van der Waals surface area contributed by atoms with Crippen LogP contribution in [0.15, 0.2) is 39.9 Å². The Morgan fingerprint density at radius 1 is 1.04 bits per heavy atom. The lowest BCUT2D eigenvalue weighted by Crippen LogP contribution is -2.22. The molecule has 1 aliphatic carbocycles. The molecule has 0 spiro atoms. The van der Waals surface area contributed by atoms with Crippen molar-refractivity contribution in [2.75, 3.05) is 18.0 Å². The van der Waals surface area contributed by atoms with Crippen LogP contribution in [-0.4, -0.2) is 38.1 Å². The molecule has 1 atom stereocenters. The first kappa shape index (κ1) is 16.8. The van der Waals surface area contributed by atoms with Crippen molar-refractivity contribution in [1.82, 2.24) is 25.0 Å². The Labute approximate surface area is 162 Å². The summed E-state index contributed by atoms with van der Waals surface area (Å²) in [6.45, 7) is 4.23. The summed E-state index contributed by atoms with van der Waals surface area (Å²) >= 11 is 1.65. The van der Waals surface area contributed by atoms with E-state index in [4.69, 9.17) is 4.42 Å². The largest absolute Gasteiger partial charge is 0.419 e. The van der Waals surface area contributed by atoms with Crippen molar-refractivity contribution in [1.29, 1.82) is 0 Å². The highest BCUT2D eigenvalue weighted by Crippen LogP contribution is 2.44. The minimum atomic E-state index is 0.0168. The summed E-state index contributed by atoms with van der Waals surface area (Å²) in [5, 5.41) is 18.4. The van der Waals surface area contributed by atoms with E-state index in [0.717, 1.165) is 29.8 Å². The molecule has 1 aromatic carbocycles. The number of hydrogen-bond acceptors (Lipinski definition) is 7. The van der Waals surface area contributed by atoms with Gasteiger partial charge in [0, 0.05) is 24.7 Å². The van der Waals surface area contributed by atoms with E-state index in [-0.39, 0.29) is 5.25 Å². The van der Waals surface area contributed by atoms with Gasteiger partial charge in [-0.25, -0.2) is 0 Å². The molecule has 0 amide bonds. The molecular formula is C19H22N6OS. The normalized spacial score (nSPS) is 18.2. The Bertz CT molecular complexity index is 913. The smallest absolute Gasteiger partial charge is 0.247 e. The second kappa shape index (κ2) is 6.99. The maximum Gasteiger partial charge on any atom is 0.247 e. The fourth-order valence-electron chi connectivity index (χ4n) is 3.44. The van der Waals surface area contributed by atoms with Crippen LogP contribution in [0.1, 0.15) is 49.8 Å². The highest BCUT2D eigenvalue weighted by atomic mass is 32.2. The van der Waals surface area contributed by atoms with Gasteiger partial charge in [0.2, 0.25) is 17.7 Å². The lowest BCUT2D eigenvalue weighted by atomic mass is 10.2. The van der Waals surface area contributed by atoms with Crippen molar-refractivity contribution < 1.29 is 4.42 Å². The molecule has 2 aliphatic rings. The van der Waals surface area contributed by atoms with Crippen LogP contribution in [0.5, 0.6) is 0 Å². The van der Waals surface area contributed by atoms with Crippen LogP contribution in [0.25, 0.3) is 11.5 Å². The minimum absolute atomic E-state index is 0.0168. The molecule has 1 saturated carbocycles. The van der Waals surface area contributed by atoms with Gasteiger partial charge in [-0.15, -0.1) is 20.4 Å². The third kappa shape index (κ3) is 3.34. The van der Waals surface area contributed by atoms with Crippen molar-refractivity contribution in [3.63, 3.8) is 0 Å². The first-order chi connectivity index (χ1) is 13.3. The van der Waals surface area contributed by atoms with Gasteiger partial charge < -0.3 is 9.32 Å². The molecule has 8 heteroatoms. The zero-order valence-corrected chi connectivity index (χ0v) is 16.1. The van der Waals surface area contributed by atoms with Crippen molar-refractivity contribution in [3.05, 3.63) is 36.2 Å². The van der Waals surface area contributed by atoms with E-state index in [9.17, 15) is 0 Å². The van der Waals surface area contributed by atoms with Crippen LogP contribution in [0.4, 0.5) is 5.95 Å². The SMILES string of the molecule is C[C@H](Sc1nnc(N2CCCC2)n1C1CC1)c1nnc(-c2ccccc2)o1. The van der Waals surface area contributed by atoms with Gasteiger partial charge in [0.25, 0.3) is 0 Å². The summed E-state index contributed by atoms with van der Waals surface area (Å²) in [4.78, 5) is 2.36. The molecule has 7 nitrogen and oxygen atoms in total. The fraction of sp³-hybridized carbons (Fsp3) is 0.474. The summed E-state index contributed by atoms with van der Waals surface area (Å²) in [5.74, 6) is 2.20. The summed E-state index contributed by atoms with van der Waals surface area (Å²) in [5.41, 5.74) is 0.936. The zero-order chi connectivity index (χ0) is 18.2. The minimum Gasteiger partial charge on any atom is -0.419 e. The van der Waals surface area contributed by atoms with Crippen molar-refractivity contribution >= 4 is 17.7 Å². The lowest BCUT2D eigenvalue weighted by molar-refractivity contribution is 0.508. The Hall–Kier alpha value is -2.35. The zero-order valence-electron chi connectivity index (χ0n) is 15.3. The Kier molecular flexibility index (Phi) is 4.35. The van der Waals surface area contributed by atoms with Crippen LogP contribution >= 0.6 is 11.8 Å². The van der Waals surface area contributed by atoms with E-state index >= 15 is 0 Å². The monoisotopic (exact) mass is 382 g/mol. The van der Waals surface area contributed by atoms with E-state index in [1.165, 1.54) is 25.7 Å². The van der Waals surface area contributed by atoms with Gasteiger partial charge in [-0.1, -0.05) is 30.0 Å². The van der Waals surface area contributed by atoms with Crippen molar-refractivity contribution in [2.45, 2.75) is 49.1 Å². The fourth-order valence-corrected chi connectivity index (χ4v) is 4.38. The van der Waals surface area contributed by atoms with Crippen molar-refractivity contribution in [3.8, 4) is 11.5 Å². The van der Waals surface area contributed by atoms with Gasteiger partial charge >= 0.3 is 0 Å². The molecule has 3 aromatic rings. The standard InChI is InChI=1S/C19H22N6OS/c1-13(16-20-21-17(26-16)14-7-3-2-4-8-14)27-19-23-22-18(24-11-5-6-12-24)25(19)15-9-10-15/h2-4,7-8,13,15H,5-6,9-12H2,1H3/t13-/m0/s1. The van der Waals surface area contributed by atoms with Gasteiger partial charge in [0.1, 0.15) is 0 Å². The van der Waals surface area contributed by atoms with E-state index in [1.807, 2.05) is 30.3 Å². The molecule has 140 valence electrons. The predicted octanol–water partition coefficient (Wildman–Crippen LogP) is 4.12. The van der Waals surface area contributed by atoms with Gasteiger partial charge in [0.15, 0.2) is 5.16 Å². The molecule has 0 unspecified atom stereocenters. The second-order valence-corrected chi connectivity index (χ2v) is 8.46. The molecule has 0 bridgehead atoms. The average Bonchev–Trinajstić information content (AvgIpc) is 3.11. The Morgan fingerprint density at radius 2 is 1.81 bits per heavy atom. The predicted molar refractivity (Wildman–Crippen MR) is 104 cm³/mol. The number of aromatic nitrogens is 5. The molecule has 2 aromatic heterocycles. The molecule has 27 heavy (non-hydrogen) atoms. The summed E-state index contributed by atoms with van der Waals surface area (Å²) < 4.78 is 8.24. The van der Waals surface area contributed by atoms with Crippen LogP contribution in [0.2, 0.25) is 0 Å². The first-order valence-corrected chi connectivity index (χ1v) is 10.4. The van der Waals surface area contributed by atoms with E-state index < -0.39 is 0 Å². The van der Waals surface area contributed by atoms with E-state index in [1.54, 1.807) is 11.8 Å². The maximum atomic E-state index is 5.92. The first-order valence-electron chi connectivity index (χ1n) is 9.55. The molecule has 3 heterocycles. The Balaban J connectivity index is 1.37. The third-order valence-electron chi connectivity index (χ3n) is 5.04. The molecular weight excluding hydrogens is 360 g/mol. The number of nitrogens with zero attached hydrogens (tertiary/aromatic N) is 6. The second-order valence-electron chi connectivity index (χ2n) is 7.15. The molecule has 1 saturated heterocycles. The molecule has 0 N–H and O–H groups in total. The maximum absolute atomic E-state index is 5.92. The molecule has 1 aliphatic heterocycles. The van der Waals surface area contributed by atoms with Crippen molar-refractivity contribution in [2.24, 2.45) is 0 Å². The Morgan fingerprint density at radius 3 is 2.56 bits per heavy atom. The lowest BCUT2D eigenvalue weighted by Gasteiger charge is -2.18. The number of anilines is 1. The number of thioether (sulfide) groups is 1. The quantitative estimate of drug-likeness (QED) is 0.594. The summed E-state index contributed by atoms with van der Waals surface area (Å²) in [6.07, 6.45) is 4.89. The third-order valence-corrected chi connectivity index (χ3v) is 6.08. The number of benzene rings is 1. The summed E-state index contributed by atoms with van der Waals surface area (Å²) in [6, 6.07) is 10.4. The topological polar surface area (TPSA) is 72.9 Å². The average molecular weight is 382 g/mol. The van der Waals surface area contributed by atoms with Crippen LogP contribution in [-0.2, 0) is 0 Å². The van der Waals surface area contributed by atoms with Crippen LogP contribution < -0.4 is 4.90 Å². The van der Waals surface area contributed by atoms with E-state index in [0.29, 0.717) is 17.8 Å². The van der Waals surface area contributed by atoms with E-state index in [2.05, 4.69) is 36.8 Å². The molecule has 5 rings (SSSR count). The summed E-state index contributed by atoms with van der Waals surface area (Å²) in [7, 11) is 0. The van der Waals surface area contributed by atoms with Gasteiger partial charge in [-0.3, -0.25) is 4.57 Å². The highest BCUT2D eigenvalue weighted by Gasteiger charge is 2.33. The molecule has 0 radical (unpaired) electrons. The van der Waals surface area contributed by atoms with Crippen LogP contribution in [0, 0.1) is 0 Å². The van der Waals surface area contributed by atoms with Gasteiger partial charge in [-0.2, -0.15) is 0 Å². The number of rotatable bonds is 6. The van der Waals surface area contributed by atoms with Gasteiger partial charge in [-0.05, 0) is 44.7 Å². The van der Waals surface area contributed by atoms with Gasteiger partial charge in [0.05, 0.1) is 5.25 Å². The number of hydrogen-bond donors (Lipinski definition) is 0. The molecule has 2 fully saturated rings.